The van der Waals surface area contributed by atoms with Gasteiger partial charge in [0.1, 0.15) is 6.04 Å². The van der Waals surface area contributed by atoms with Gasteiger partial charge in [-0.25, -0.2) is 0 Å². The molecule has 0 saturated carbocycles. The van der Waals surface area contributed by atoms with Crippen LogP contribution in [0.5, 0.6) is 0 Å². The summed E-state index contributed by atoms with van der Waals surface area (Å²) in [6.45, 7) is 5.05. The van der Waals surface area contributed by atoms with Crippen molar-refractivity contribution in [3.05, 3.63) is 0 Å². The molecule has 0 heterocycles. The molecule has 0 amide bonds. The van der Waals surface area contributed by atoms with Crippen LogP contribution in [-0.4, -0.2) is 25.7 Å². The molecule has 0 rings (SSSR count). The second-order valence-corrected chi connectivity index (χ2v) is 3.15. The average Bonchev–Trinajstić information content (AvgIpc) is 2.17. The summed E-state index contributed by atoms with van der Waals surface area (Å²) in [5.41, 5.74) is 0. The van der Waals surface area contributed by atoms with Crippen molar-refractivity contribution >= 4 is 5.97 Å². The molecule has 0 aliphatic rings. The fourth-order valence-electron chi connectivity index (χ4n) is 1.19. The third-order valence-corrected chi connectivity index (χ3v) is 2.07. The molecule has 3 heteroatoms. The van der Waals surface area contributed by atoms with Gasteiger partial charge in [0.15, 0.2) is 0 Å². The third-order valence-electron chi connectivity index (χ3n) is 2.07. The number of methoxy groups -OCH3 is 1. The van der Waals surface area contributed by atoms with Gasteiger partial charge in [0, 0.05) is 0 Å². The van der Waals surface area contributed by atoms with E-state index < -0.39 is 0 Å². The van der Waals surface area contributed by atoms with Crippen molar-refractivity contribution in [1.82, 2.24) is 5.32 Å². The first-order chi connectivity index (χ1) is 6.26. The van der Waals surface area contributed by atoms with Crippen LogP contribution in [0.1, 0.15) is 39.5 Å². The van der Waals surface area contributed by atoms with E-state index in [1.165, 1.54) is 20.0 Å². The number of rotatable bonds is 7. The number of unbranched alkanes of at least 4 members (excludes halogenated alkanes) is 2. The number of nitrogens with one attached hydrogen (secondary N) is 1. The first-order valence-electron chi connectivity index (χ1n) is 5.07. The molecule has 0 bridgehead atoms. The predicted octanol–water partition coefficient (Wildman–Crippen LogP) is 1.72. The van der Waals surface area contributed by atoms with Crippen LogP contribution in [-0.2, 0) is 9.53 Å². The molecular formula is C10H21NO2. The van der Waals surface area contributed by atoms with Crippen LogP contribution in [0.25, 0.3) is 0 Å². The zero-order valence-corrected chi connectivity index (χ0v) is 8.93. The van der Waals surface area contributed by atoms with E-state index in [1.54, 1.807) is 0 Å². The van der Waals surface area contributed by atoms with E-state index in [0.29, 0.717) is 0 Å². The molecule has 0 aromatic rings. The van der Waals surface area contributed by atoms with Gasteiger partial charge < -0.3 is 10.1 Å². The van der Waals surface area contributed by atoms with Crippen LogP contribution in [0.4, 0.5) is 0 Å². The highest BCUT2D eigenvalue weighted by Gasteiger charge is 2.14. The minimum absolute atomic E-state index is 0.123. The van der Waals surface area contributed by atoms with Crippen molar-refractivity contribution in [3.63, 3.8) is 0 Å². The van der Waals surface area contributed by atoms with Gasteiger partial charge in [-0.3, -0.25) is 4.79 Å². The van der Waals surface area contributed by atoms with Gasteiger partial charge in [-0.05, 0) is 19.4 Å². The van der Waals surface area contributed by atoms with Gasteiger partial charge in [-0.15, -0.1) is 0 Å². The molecule has 0 fully saturated rings. The number of ether oxygens (including phenoxy) is 1. The van der Waals surface area contributed by atoms with Gasteiger partial charge >= 0.3 is 5.97 Å². The van der Waals surface area contributed by atoms with Gasteiger partial charge in [0.25, 0.3) is 0 Å². The lowest BCUT2D eigenvalue weighted by Crippen LogP contribution is -2.37. The van der Waals surface area contributed by atoms with Crippen molar-refractivity contribution in [2.75, 3.05) is 13.7 Å². The Bertz CT molecular complexity index is 137. The summed E-state index contributed by atoms with van der Waals surface area (Å²) < 4.78 is 4.66. The summed E-state index contributed by atoms with van der Waals surface area (Å²) in [5, 5.41) is 3.18. The Kier molecular flexibility index (Phi) is 7.69. The Hall–Kier alpha value is -0.570. The van der Waals surface area contributed by atoms with Crippen molar-refractivity contribution < 1.29 is 9.53 Å². The molecule has 0 radical (unpaired) electrons. The Morgan fingerprint density at radius 3 is 2.54 bits per heavy atom. The topological polar surface area (TPSA) is 38.3 Å². The Balaban J connectivity index is 3.53. The highest BCUT2D eigenvalue weighted by atomic mass is 16.5. The van der Waals surface area contributed by atoms with Crippen molar-refractivity contribution in [3.8, 4) is 0 Å². The van der Waals surface area contributed by atoms with Crippen molar-refractivity contribution in [2.45, 2.75) is 45.6 Å². The number of hydrogen-bond acceptors (Lipinski definition) is 3. The predicted molar refractivity (Wildman–Crippen MR) is 53.6 cm³/mol. The summed E-state index contributed by atoms with van der Waals surface area (Å²) in [6, 6.07) is -0.123. The summed E-state index contributed by atoms with van der Waals surface area (Å²) in [6.07, 6.45) is 4.34. The van der Waals surface area contributed by atoms with E-state index >= 15 is 0 Å². The molecule has 13 heavy (non-hydrogen) atoms. The third kappa shape index (κ3) is 5.64. The maximum Gasteiger partial charge on any atom is 0.322 e. The minimum Gasteiger partial charge on any atom is -0.468 e. The first-order valence-corrected chi connectivity index (χ1v) is 5.07. The number of carbonyl (C=O) groups excluding carboxylic acids is 1. The fraction of sp³-hybridized carbons (Fsp3) is 0.900. The van der Waals surface area contributed by atoms with Crippen LogP contribution in [0.2, 0.25) is 0 Å². The fourth-order valence-corrected chi connectivity index (χ4v) is 1.19. The molecule has 0 aromatic heterocycles. The lowest BCUT2D eigenvalue weighted by Gasteiger charge is -2.13. The van der Waals surface area contributed by atoms with Gasteiger partial charge in [-0.2, -0.15) is 0 Å². The summed E-state index contributed by atoms with van der Waals surface area (Å²) >= 11 is 0. The lowest BCUT2D eigenvalue weighted by molar-refractivity contribution is -0.143. The normalized spacial score (nSPS) is 12.5. The van der Waals surface area contributed by atoms with Crippen LogP contribution in [0.3, 0.4) is 0 Å². The van der Waals surface area contributed by atoms with Crippen LogP contribution in [0.15, 0.2) is 0 Å². The highest BCUT2D eigenvalue weighted by molar-refractivity contribution is 5.75. The molecule has 1 N–H and O–H groups in total. The largest absolute Gasteiger partial charge is 0.468 e. The average molecular weight is 187 g/mol. The Morgan fingerprint density at radius 1 is 1.38 bits per heavy atom. The molecule has 0 aliphatic carbocycles. The van der Waals surface area contributed by atoms with Crippen LogP contribution >= 0.6 is 0 Å². The maximum absolute atomic E-state index is 11.1. The van der Waals surface area contributed by atoms with Gasteiger partial charge in [0.2, 0.25) is 0 Å². The smallest absolute Gasteiger partial charge is 0.322 e. The molecule has 1 unspecified atom stereocenters. The summed E-state index contributed by atoms with van der Waals surface area (Å²) in [5.74, 6) is -0.154. The standard InChI is InChI=1S/C10H21NO2/c1-4-6-7-8-11-9(5-2)10(12)13-3/h9,11H,4-8H2,1-3H3. The summed E-state index contributed by atoms with van der Waals surface area (Å²) in [7, 11) is 1.43. The molecule has 0 saturated heterocycles. The van der Waals surface area contributed by atoms with Crippen molar-refractivity contribution in [1.29, 1.82) is 0 Å². The minimum atomic E-state index is -0.154. The van der Waals surface area contributed by atoms with Gasteiger partial charge in [0.05, 0.1) is 7.11 Å². The van der Waals surface area contributed by atoms with E-state index in [9.17, 15) is 4.79 Å². The second kappa shape index (κ2) is 8.05. The molecule has 1 atom stereocenters. The zero-order chi connectivity index (χ0) is 10.1. The first kappa shape index (κ1) is 12.4. The SMILES string of the molecule is CCCCCNC(CC)C(=O)OC. The monoisotopic (exact) mass is 187 g/mol. The number of hydrogen-bond donors (Lipinski definition) is 1. The van der Waals surface area contributed by atoms with Gasteiger partial charge in [-0.1, -0.05) is 26.7 Å². The highest BCUT2D eigenvalue weighted by Crippen LogP contribution is 1.96. The Morgan fingerprint density at radius 2 is 2.08 bits per heavy atom. The lowest BCUT2D eigenvalue weighted by atomic mass is 10.2. The summed E-state index contributed by atoms with van der Waals surface area (Å²) in [4.78, 5) is 11.1. The van der Waals surface area contributed by atoms with E-state index in [1.807, 2.05) is 6.92 Å². The molecular weight excluding hydrogens is 166 g/mol. The van der Waals surface area contributed by atoms with E-state index in [2.05, 4.69) is 17.0 Å². The quantitative estimate of drug-likeness (QED) is 0.487. The van der Waals surface area contributed by atoms with E-state index in [-0.39, 0.29) is 12.0 Å². The van der Waals surface area contributed by atoms with Crippen molar-refractivity contribution in [2.24, 2.45) is 0 Å². The second-order valence-electron chi connectivity index (χ2n) is 3.15. The zero-order valence-electron chi connectivity index (χ0n) is 8.93. The molecule has 0 aromatic carbocycles. The number of esters is 1. The van der Waals surface area contributed by atoms with Crippen LogP contribution in [0, 0.1) is 0 Å². The molecule has 3 nitrogen and oxygen atoms in total. The molecule has 0 aliphatic heterocycles. The van der Waals surface area contributed by atoms with E-state index in [0.717, 1.165) is 19.4 Å². The molecule has 78 valence electrons. The number of carbonyl (C=O) groups is 1. The maximum atomic E-state index is 11.1. The van der Waals surface area contributed by atoms with E-state index in [4.69, 9.17) is 0 Å². The van der Waals surface area contributed by atoms with Crippen LogP contribution < -0.4 is 5.32 Å². The molecule has 0 spiro atoms. The Labute approximate surface area is 80.8 Å².